The van der Waals surface area contributed by atoms with Crippen LogP contribution >= 0.6 is 31.9 Å². The summed E-state index contributed by atoms with van der Waals surface area (Å²) in [5, 5.41) is 2.68. The Balaban J connectivity index is 3.19. The van der Waals surface area contributed by atoms with E-state index in [9.17, 15) is 4.91 Å². The van der Waals surface area contributed by atoms with E-state index < -0.39 is 0 Å². The number of hydrogen-bond acceptors (Lipinski definition) is 3. The van der Waals surface area contributed by atoms with Crippen molar-refractivity contribution in [2.24, 2.45) is 5.18 Å². The molecule has 0 atom stereocenters. The van der Waals surface area contributed by atoms with Gasteiger partial charge in [0, 0.05) is 10.7 Å². The maximum absolute atomic E-state index is 9.98. The average molecular weight is 266 g/mol. The highest BCUT2D eigenvalue weighted by Gasteiger charge is 1.99. The first-order chi connectivity index (χ1) is 4.74. The van der Waals surface area contributed by atoms with Gasteiger partial charge in [-0.15, -0.1) is 4.91 Å². The smallest absolute Gasteiger partial charge is 0.210 e. The Morgan fingerprint density at radius 1 is 1.50 bits per heavy atom. The van der Waals surface area contributed by atoms with Crippen molar-refractivity contribution in [3.8, 4) is 0 Å². The van der Waals surface area contributed by atoms with E-state index in [2.05, 4.69) is 42.0 Å². The van der Waals surface area contributed by atoms with Gasteiger partial charge in [0.1, 0.15) is 0 Å². The molecule has 0 aliphatic carbocycles. The Morgan fingerprint density at radius 2 is 2.20 bits per heavy atom. The highest BCUT2D eigenvalue weighted by Crippen LogP contribution is 2.24. The maximum atomic E-state index is 9.98. The molecule has 1 aromatic rings. The Kier molecular flexibility index (Phi) is 2.50. The minimum atomic E-state index is 0.170. The van der Waals surface area contributed by atoms with Gasteiger partial charge < -0.3 is 0 Å². The lowest BCUT2D eigenvalue weighted by Crippen LogP contribution is -1.74. The van der Waals surface area contributed by atoms with Crippen LogP contribution in [0.1, 0.15) is 0 Å². The number of pyridine rings is 1. The molecule has 0 fully saturated rings. The third-order valence-corrected chi connectivity index (χ3v) is 1.89. The fourth-order valence-electron chi connectivity index (χ4n) is 0.475. The monoisotopic (exact) mass is 264 g/mol. The topological polar surface area (TPSA) is 42.3 Å². The molecule has 1 heterocycles. The minimum Gasteiger partial charge on any atom is -0.232 e. The summed E-state index contributed by atoms with van der Waals surface area (Å²) in [6.07, 6.45) is 1.52. The number of halogens is 2. The molecule has 5 heteroatoms. The molecule has 0 saturated heterocycles. The maximum Gasteiger partial charge on any atom is 0.210 e. The lowest BCUT2D eigenvalue weighted by atomic mass is 10.5. The van der Waals surface area contributed by atoms with E-state index in [1.165, 1.54) is 6.20 Å². The van der Waals surface area contributed by atoms with E-state index in [1.54, 1.807) is 6.07 Å². The van der Waals surface area contributed by atoms with Crippen LogP contribution in [0.5, 0.6) is 0 Å². The van der Waals surface area contributed by atoms with Crippen molar-refractivity contribution in [2.75, 3.05) is 0 Å². The van der Waals surface area contributed by atoms with Gasteiger partial charge in [-0.25, -0.2) is 4.98 Å². The Morgan fingerprint density at radius 3 is 2.70 bits per heavy atom. The Bertz CT molecular complexity index is 264. The van der Waals surface area contributed by atoms with Gasteiger partial charge in [-0.3, -0.25) is 0 Å². The van der Waals surface area contributed by atoms with Gasteiger partial charge in [-0.1, -0.05) is 0 Å². The van der Waals surface area contributed by atoms with Gasteiger partial charge in [0.15, 0.2) is 0 Å². The van der Waals surface area contributed by atoms with Gasteiger partial charge in [0.05, 0.1) is 4.47 Å². The first-order valence-corrected chi connectivity index (χ1v) is 3.97. The summed E-state index contributed by atoms with van der Waals surface area (Å²) in [5.41, 5.74) is 0. The molecule has 0 aliphatic rings. The van der Waals surface area contributed by atoms with Crippen LogP contribution in [0.25, 0.3) is 0 Å². The molecule has 0 amide bonds. The third kappa shape index (κ3) is 1.60. The summed E-state index contributed by atoms with van der Waals surface area (Å²) in [4.78, 5) is 13.7. The molecule has 1 rings (SSSR count). The molecule has 0 aromatic carbocycles. The Labute approximate surface area is 74.1 Å². The molecule has 0 N–H and O–H groups in total. The van der Waals surface area contributed by atoms with Crippen LogP contribution in [0.4, 0.5) is 5.82 Å². The summed E-state index contributed by atoms with van der Waals surface area (Å²) >= 11 is 6.31. The molecule has 52 valence electrons. The molecule has 1 aromatic heterocycles. The fourth-order valence-corrected chi connectivity index (χ4v) is 1.53. The van der Waals surface area contributed by atoms with E-state index >= 15 is 0 Å². The van der Waals surface area contributed by atoms with E-state index in [-0.39, 0.29) is 5.82 Å². The first kappa shape index (κ1) is 7.81. The number of nitrogens with zero attached hydrogens (tertiary/aromatic N) is 2. The molecule has 0 aliphatic heterocycles. The largest absolute Gasteiger partial charge is 0.232 e. The zero-order valence-electron chi connectivity index (χ0n) is 4.71. The quantitative estimate of drug-likeness (QED) is 0.733. The summed E-state index contributed by atoms with van der Waals surface area (Å²) in [6, 6.07) is 1.71. The van der Waals surface area contributed by atoms with Crippen molar-refractivity contribution in [3.63, 3.8) is 0 Å². The second-order valence-electron chi connectivity index (χ2n) is 1.55. The minimum absolute atomic E-state index is 0.170. The molecule has 0 spiro atoms. The van der Waals surface area contributed by atoms with E-state index in [0.717, 1.165) is 4.47 Å². The van der Waals surface area contributed by atoms with Gasteiger partial charge in [-0.2, -0.15) is 0 Å². The molecule has 0 saturated carbocycles. The van der Waals surface area contributed by atoms with E-state index in [0.29, 0.717) is 4.47 Å². The van der Waals surface area contributed by atoms with Gasteiger partial charge in [-0.05, 0) is 43.1 Å². The van der Waals surface area contributed by atoms with Crippen molar-refractivity contribution >= 4 is 37.7 Å². The molecule has 0 radical (unpaired) electrons. The standard InChI is InChI=1S/C5H2Br2N2O/c6-3-1-4(7)5(9-10)8-2-3/h1-2H. The van der Waals surface area contributed by atoms with E-state index in [4.69, 9.17) is 0 Å². The van der Waals surface area contributed by atoms with Gasteiger partial charge in [0.2, 0.25) is 5.82 Å². The molecule has 3 nitrogen and oxygen atoms in total. The van der Waals surface area contributed by atoms with Crippen LogP contribution in [-0.4, -0.2) is 4.98 Å². The third-order valence-electron chi connectivity index (χ3n) is 0.875. The molecular formula is C5H2Br2N2O. The molecule has 0 bridgehead atoms. The zero-order chi connectivity index (χ0) is 7.56. The second-order valence-corrected chi connectivity index (χ2v) is 3.32. The van der Waals surface area contributed by atoms with Crippen molar-refractivity contribution < 1.29 is 0 Å². The number of hydrogen-bond donors (Lipinski definition) is 0. The van der Waals surface area contributed by atoms with Crippen molar-refractivity contribution in [2.45, 2.75) is 0 Å². The SMILES string of the molecule is O=Nc1ncc(Br)cc1Br. The summed E-state index contributed by atoms with van der Waals surface area (Å²) < 4.78 is 1.41. The van der Waals surface area contributed by atoms with Gasteiger partial charge >= 0.3 is 0 Å². The number of nitroso groups, excluding NO2 is 1. The highest BCUT2D eigenvalue weighted by atomic mass is 79.9. The molecule has 10 heavy (non-hydrogen) atoms. The van der Waals surface area contributed by atoms with Crippen LogP contribution in [0.15, 0.2) is 26.4 Å². The lowest BCUT2D eigenvalue weighted by Gasteiger charge is -1.92. The normalized spacial score (nSPS) is 9.40. The zero-order valence-corrected chi connectivity index (χ0v) is 7.89. The van der Waals surface area contributed by atoms with Crippen LogP contribution in [0.3, 0.4) is 0 Å². The summed E-state index contributed by atoms with van der Waals surface area (Å²) in [7, 11) is 0. The predicted molar refractivity (Wildman–Crippen MR) is 45.1 cm³/mol. The first-order valence-electron chi connectivity index (χ1n) is 2.38. The highest BCUT2D eigenvalue weighted by molar-refractivity contribution is 9.11. The lowest BCUT2D eigenvalue weighted by molar-refractivity contribution is 1.23. The number of rotatable bonds is 1. The van der Waals surface area contributed by atoms with Crippen molar-refractivity contribution in [3.05, 3.63) is 26.1 Å². The van der Waals surface area contributed by atoms with E-state index in [1.807, 2.05) is 0 Å². The van der Waals surface area contributed by atoms with Crippen molar-refractivity contribution in [1.82, 2.24) is 4.98 Å². The van der Waals surface area contributed by atoms with Crippen LogP contribution in [0, 0.1) is 4.91 Å². The predicted octanol–water partition coefficient (Wildman–Crippen LogP) is 3.00. The second kappa shape index (κ2) is 3.21. The Hall–Kier alpha value is -0.290. The average Bonchev–Trinajstić information content (AvgIpc) is 1.88. The molecular weight excluding hydrogens is 264 g/mol. The summed E-state index contributed by atoms with van der Waals surface area (Å²) in [6.45, 7) is 0. The fraction of sp³-hybridized carbons (Fsp3) is 0. The number of aromatic nitrogens is 1. The van der Waals surface area contributed by atoms with Crippen LogP contribution in [0.2, 0.25) is 0 Å². The van der Waals surface area contributed by atoms with Gasteiger partial charge in [0.25, 0.3) is 0 Å². The molecule has 0 unspecified atom stereocenters. The van der Waals surface area contributed by atoms with Crippen LogP contribution in [-0.2, 0) is 0 Å². The van der Waals surface area contributed by atoms with Crippen molar-refractivity contribution in [1.29, 1.82) is 0 Å². The van der Waals surface area contributed by atoms with Crippen LogP contribution < -0.4 is 0 Å². The summed E-state index contributed by atoms with van der Waals surface area (Å²) in [5.74, 6) is 0.170.